The van der Waals surface area contributed by atoms with Crippen LogP contribution in [-0.4, -0.2) is 52.8 Å². The van der Waals surface area contributed by atoms with Gasteiger partial charge in [0.05, 0.1) is 5.92 Å². The van der Waals surface area contributed by atoms with Crippen LogP contribution >= 0.6 is 0 Å². The molecule has 0 aliphatic carbocycles. The minimum atomic E-state index is -0.248. The van der Waals surface area contributed by atoms with Crippen LogP contribution in [0.4, 0.5) is 0 Å². The largest absolute Gasteiger partial charge is 0.340 e. The van der Waals surface area contributed by atoms with Crippen LogP contribution in [0.15, 0.2) is 61.4 Å². The summed E-state index contributed by atoms with van der Waals surface area (Å²) in [6.45, 7) is 7.75. The molecule has 0 radical (unpaired) electrons. The van der Waals surface area contributed by atoms with Gasteiger partial charge in [0, 0.05) is 45.0 Å². The molecule has 1 aliphatic heterocycles. The number of benzene rings is 1. The first-order valence-corrected chi connectivity index (χ1v) is 9.79. The van der Waals surface area contributed by atoms with E-state index < -0.39 is 0 Å². The van der Waals surface area contributed by atoms with Gasteiger partial charge in [0.1, 0.15) is 0 Å². The van der Waals surface area contributed by atoms with E-state index in [9.17, 15) is 9.59 Å². The first-order chi connectivity index (χ1) is 13.6. The molecule has 2 heterocycles. The first-order valence-electron chi connectivity index (χ1n) is 9.79. The third-order valence-corrected chi connectivity index (χ3v) is 5.15. The molecule has 1 aromatic heterocycles. The summed E-state index contributed by atoms with van der Waals surface area (Å²) in [6.07, 6.45) is 6.40. The zero-order valence-corrected chi connectivity index (χ0v) is 16.4. The third-order valence-electron chi connectivity index (χ3n) is 5.15. The molecule has 5 heteroatoms. The summed E-state index contributed by atoms with van der Waals surface area (Å²) in [5, 5.41) is 0. The van der Waals surface area contributed by atoms with Crippen molar-refractivity contribution >= 4 is 11.8 Å². The van der Waals surface area contributed by atoms with Crippen molar-refractivity contribution in [2.45, 2.75) is 19.8 Å². The number of hydrogen-bond donors (Lipinski definition) is 0. The second kappa shape index (κ2) is 9.31. The van der Waals surface area contributed by atoms with E-state index in [4.69, 9.17) is 0 Å². The molecule has 28 heavy (non-hydrogen) atoms. The van der Waals surface area contributed by atoms with Crippen molar-refractivity contribution in [1.29, 1.82) is 0 Å². The van der Waals surface area contributed by atoms with Gasteiger partial charge in [-0.3, -0.25) is 14.6 Å². The van der Waals surface area contributed by atoms with Crippen LogP contribution in [0.5, 0.6) is 0 Å². The highest BCUT2D eigenvalue weighted by atomic mass is 16.2. The van der Waals surface area contributed by atoms with E-state index in [1.54, 1.807) is 12.3 Å². The predicted molar refractivity (Wildman–Crippen MR) is 111 cm³/mol. The van der Waals surface area contributed by atoms with Crippen molar-refractivity contribution in [2.24, 2.45) is 5.92 Å². The Hall–Kier alpha value is -2.95. The highest BCUT2D eigenvalue weighted by Crippen LogP contribution is 2.23. The molecule has 0 spiro atoms. The minimum absolute atomic E-state index is 0.0954. The topological polar surface area (TPSA) is 53.5 Å². The molecule has 146 valence electrons. The molecule has 1 aromatic carbocycles. The Morgan fingerprint density at radius 3 is 2.79 bits per heavy atom. The number of pyridine rings is 1. The van der Waals surface area contributed by atoms with Gasteiger partial charge in [-0.15, -0.1) is 6.58 Å². The zero-order chi connectivity index (χ0) is 19.9. The molecule has 0 saturated carbocycles. The van der Waals surface area contributed by atoms with E-state index in [2.05, 4.69) is 17.6 Å². The summed E-state index contributed by atoms with van der Waals surface area (Å²) in [4.78, 5) is 33.2. The summed E-state index contributed by atoms with van der Waals surface area (Å²) in [5.41, 5.74) is 3.22. The molecule has 2 amide bonds. The van der Waals surface area contributed by atoms with Gasteiger partial charge >= 0.3 is 0 Å². The van der Waals surface area contributed by atoms with Crippen LogP contribution in [0, 0.1) is 5.92 Å². The molecule has 0 bridgehead atoms. The summed E-state index contributed by atoms with van der Waals surface area (Å²) in [7, 11) is 0. The fourth-order valence-corrected chi connectivity index (χ4v) is 3.68. The van der Waals surface area contributed by atoms with Crippen molar-refractivity contribution in [3.05, 3.63) is 67.0 Å². The number of amides is 2. The van der Waals surface area contributed by atoms with Crippen LogP contribution in [0.25, 0.3) is 11.1 Å². The van der Waals surface area contributed by atoms with Gasteiger partial charge in [0.2, 0.25) is 11.8 Å². The Balaban J connectivity index is 1.84. The Bertz CT molecular complexity index is 835. The van der Waals surface area contributed by atoms with E-state index in [0.29, 0.717) is 39.0 Å². The maximum absolute atomic E-state index is 13.1. The van der Waals surface area contributed by atoms with Crippen LogP contribution < -0.4 is 0 Å². The van der Waals surface area contributed by atoms with E-state index in [-0.39, 0.29) is 17.7 Å². The predicted octanol–water partition coefficient (Wildman–Crippen LogP) is 3.17. The van der Waals surface area contributed by atoms with Gasteiger partial charge in [0.15, 0.2) is 0 Å². The van der Waals surface area contributed by atoms with E-state index in [0.717, 1.165) is 16.7 Å². The lowest BCUT2D eigenvalue weighted by atomic mass is 9.95. The lowest BCUT2D eigenvalue weighted by molar-refractivity contribution is -0.134. The van der Waals surface area contributed by atoms with E-state index in [1.165, 1.54) is 0 Å². The Kier molecular flexibility index (Phi) is 6.58. The van der Waals surface area contributed by atoms with Gasteiger partial charge < -0.3 is 9.80 Å². The van der Waals surface area contributed by atoms with Crippen LogP contribution in [-0.2, 0) is 16.0 Å². The fraction of sp³-hybridized carbons (Fsp3) is 0.348. The summed E-state index contributed by atoms with van der Waals surface area (Å²) in [6, 6.07) is 12.1. The average Bonchev–Trinajstić information content (AvgIpc) is 2.88. The van der Waals surface area contributed by atoms with Gasteiger partial charge in [-0.2, -0.15) is 0 Å². The number of carbonyl (C=O) groups is 2. The highest BCUT2D eigenvalue weighted by Gasteiger charge is 2.31. The SMILES string of the molecule is C=CCN1CCN(C(=O)CC)CC(Cc2cccc(-c3cccnc3)c2)C1=O. The van der Waals surface area contributed by atoms with E-state index >= 15 is 0 Å². The smallest absolute Gasteiger partial charge is 0.228 e. The maximum atomic E-state index is 13.1. The standard InChI is InChI=1S/C23H27N3O2/c1-3-11-25-12-13-26(22(27)4-2)17-21(23(25)28)15-18-7-5-8-19(14-18)20-9-6-10-24-16-20/h3,5-10,14,16,21H,1,4,11-13,15,17H2,2H3. The van der Waals surface area contributed by atoms with E-state index in [1.807, 2.05) is 53.3 Å². The molecule has 0 N–H and O–H groups in total. The lowest BCUT2D eigenvalue weighted by Gasteiger charge is -2.23. The van der Waals surface area contributed by atoms with Gasteiger partial charge in [-0.25, -0.2) is 0 Å². The molecular weight excluding hydrogens is 350 g/mol. The van der Waals surface area contributed by atoms with Crippen molar-refractivity contribution in [3.63, 3.8) is 0 Å². The van der Waals surface area contributed by atoms with Crippen LogP contribution in [0.2, 0.25) is 0 Å². The Morgan fingerprint density at radius 1 is 1.25 bits per heavy atom. The van der Waals surface area contributed by atoms with Gasteiger partial charge in [-0.05, 0) is 29.2 Å². The fourth-order valence-electron chi connectivity index (χ4n) is 3.68. The second-order valence-corrected chi connectivity index (χ2v) is 7.11. The molecule has 1 unspecified atom stereocenters. The molecule has 2 aromatic rings. The number of rotatable bonds is 6. The number of aromatic nitrogens is 1. The molecule has 1 aliphatic rings. The molecule has 5 nitrogen and oxygen atoms in total. The van der Waals surface area contributed by atoms with Crippen molar-refractivity contribution in [3.8, 4) is 11.1 Å². The summed E-state index contributed by atoms with van der Waals surface area (Å²) in [5.74, 6) is -0.0532. The molecule has 1 fully saturated rings. The molecule has 3 rings (SSSR count). The highest BCUT2D eigenvalue weighted by molar-refractivity contribution is 5.82. The second-order valence-electron chi connectivity index (χ2n) is 7.11. The molecule has 1 saturated heterocycles. The zero-order valence-electron chi connectivity index (χ0n) is 16.4. The molecular formula is C23H27N3O2. The maximum Gasteiger partial charge on any atom is 0.228 e. The Labute approximate surface area is 166 Å². The summed E-state index contributed by atoms with van der Waals surface area (Å²) < 4.78 is 0. The monoisotopic (exact) mass is 377 g/mol. The summed E-state index contributed by atoms with van der Waals surface area (Å²) >= 11 is 0. The normalized spacial score (nSPS) is 17.3. The minimum Gasteiger partial charge on any atom is -0.340 e. The van der Waals surface area contributed by atoms with Crippen LogP contribution in [0.3, 0.4) is 0 Å². The van der Waals surface area contributed by atoms with Crippen molar-refractivity contribution < 1.29 is 9.59 Å². The Morgan fingerprint density at radius 2 is 2.07 bits per heavy atom. The van der Waals surface area contributed by atoms with Crippen LogP contribution in [0.1, 0.15) is 18.9 Å². The van der Waals surface area contributed by atoms with Gasteiger partial charge in [0.25, 0.3) is 0 Å². The van der Waals surface area contributed by atoms with Crippen molar-refractivity contribution in [1.82, 2.24) is 14.8 Å². The quantitative estimate of drug-likeness (QED) is 0.727. The molecule has 1 atom stereocenters. The lowest BCUT2D eigenvalue weighted by Crippen LogP contribution is -2.37. The first kappa shape index (κ1) is 19.8. The van der Waals surface area contributed by atoms with Crippen molar-refractivity contribution in [2.75, 3.05) is 26.2 Å². The number of carbonyl (C=O) groups excluding carboxylic acids is 2. The third kappa shape index (κ3) is 4.66. The average molecular weight is 377 g/mol. The van der Waals surface area contributed by atoms with Gasteiger partial charge in [-0.1, -0.05) is 43.3 Å². The number of hydrogen-bond acceptors (Lipinski definition) is 3. The number of nitrogens with zero attached hydrogens (tertiary/aromatic N) is 3.